The van der Waals surface area contributed by atoms with E-state index in [4.69, 9.17) is 4.52 Å². The molecule has 6 heteroatoms. The van der Waals surface area contributed by atoms with Gasteiger partial charge in [-0.05, 0) is 37.3 Å². The van der Waals surface area contributed by atoms with Crippen LogP contribution < -0.4 is 0 Å². The predicted octanol–water partition coefficient (Wildman–Crippen LogP) is 4.02. The van der Waals surface area contributed by atoms with Crippen molar-refractivity contribution in [3.05, 3.63) is 36.0 Å². The zero-order valence-electron chi connectivity index (χ0n) is 14.7. The number of carbonyl (C=O) groups is 1. The maximum atomic E-state index is 13.4. The van der Waals surface area contributed by atoms with Crippen LogP contribution >= 0.6 is 0 Å². The van der Waals surface area contributed by atoms with Crippen LogP contribution in [0.1, 0.15) is 51.3 Å². The number of rotatable bonds is 5. The van der Waals surface area contributed by atoms with E-state index in [-0.39, 0.29) is 17.6 Å². The normalized spacial score (nSPS) is 17.9. The van der Waals surface area contributed by atoms with Crippen molar-refractivity contribution >= 4 is 5.91 Å². The smallest absolute Gasteiger partial charge is 0.231 e. The summed E-state index contributed by atoms with van der Waals surface area (Å²) in [4.78, 5) is 18.7. The van der Waals surface area contributed by atoms with Crippen LogP contribution in [0, 0.1) is 11.7 Å². The van der Waals surface area contributed by atoms with Crippen molar-refractivity contribution in [2.45, 2.75) is 45.4 Å². The van der Waals surface area contributed by atoms with Gasteiger partial charge in [0.15, 0.2) is 0 Å². The van der Waals surface area contributed by atoms with Gasteiger partial charge < -0.3 is 9.42 Å². The van der Waals surface area contributed by atoms with Gasteiger partial charge in [-0.15, -0.1) is 0 Å². The van der Waals surface area contributed by atoms with Crippen LogP contribution in [0.3, 0.4) is 0 Å². The molecule has 1 aliphatic heterocycles. The number of aromatic nitrogens is 2. The molecule has 1 saturated heterocycles. The number of piperidine rings is 1. The highest BCUT2D eigenvalue weighted by Crippen LogP contribution is 2.28. The second kappa shape index (κ2) is 7.76. The summed E-state index contributed by atoms with van der Waals surface area (Å²) in [6, 6.07) is 6.14. The summed E-state index contributed by atoms with van der Waals surface area (Å²) in [6.45, 7) is 5.65. The highest BCUT2D eigenvalue weighted by Gasteiger charge is 2.28. The van der Waals surface area contributed by atoms with Crippen molar-refractivity contribution in [3.8, 4) is 11.4 Å². The second-order valence-corrected chi connectivity index (χ2v) is 7.08. The van der Waals surface area contributed by atoms with Crippen molar-refractivity contribution < 1.29 is 13.7 Å². The molecule has 0 radical (unpaired) electrons. The second-order valence-electron chi connectivity index (χ2n) is 7.08. The molecular weight excluding hydrogens is 321 g/mol. The average molecular weight is 345 g/mol. The number of amides is 1. The van der Waals surface area contributed by atoms with Gasteiger partial charge in [-0.25, -0.2) is 4.39 Å². The molecule has 1 amide bonds. The third-order valence-electron chi connectivity index (χ3n) is 4.58. The van der Waals surface area contributed by atoms with Crippen LogP contribution in [0.2, 0.25) is 0 Å². The summed E-state index contributed by atoms with van der Waals surface area (Å²) in [6.07, 6.45) is 3.33. The van der Waals surface area contributed by atoms with Crippen molar-refractivity contribution in [1.82, 2.24) is 15.0 Å². The van der Waals surface area contributed by atoms with E-state index in [1.165, 1.54) is 12.1 Å². The number of benzene rings is 1. The first-order valence-corrected chi connectivity index (χ1v) is 8.90. The minimum absolute atomic E-state index is 0.0477. The van der Waals surface area contributed by atoms with Crippen molar-refractivity contribution in [2.24, 2.45) is 5.92 Å². The lowest BCUT2D eigenvalue weighted by Crippen LogP contribution is -2.39. The standard InChI is InChI=1S/C19H24FN3O2/c1-13(2)8-9-17(24)23-10-4-6-15(12-23)19-21-18(22-25-19)14-5-3-7-16(20)11-14/h3,5,7,11,13,15H,4,6,8-10,12H2,1-2H3/t15-/m0/s1. The van der Waals surface area contributed by atoms with E-state index in [1.807, 2.05) is 4.90 Å². The van der Waals surface area contributed by atoms with Gasteiger partial charge in [0.1, 0.15) is 5.82 Å². The summed E-state index contributed by atoms with van der Waals surface area (Å²) >= 11 is 0. The van der Waals surface area contributed by atoms with E-state index in [1.54, 1.807) is 12.1 Å². The van der Waals surface area contributed by atoms with Gasteiger partial charge in [0.05, 0.1) is 5.92 Å². The first kappa shape index (κ1) is 17.6. The fourth-order valence-electron chi connectivity index (χ4n) is 3.12. The SMILES string of the molecule is CC(C)CCC(=O)N1CCC[C@H](c2nc(-c3cccc(F)c3)no2)C1. The Bertz CT molecular complexity index is 729. The van der Waals surface area contributed by atoms with Gasteiger partial charge in [-0.3, -0.25) is 4.79 Å². The Kier molecular flexibility index (Phi) is 5.46. The molecule has 1 atom stereocenters. The molecule has 1 fully saturated rings. The van der Waals surface area contributed by atoms with Crippen molar-refractivity contribution in [1.29, 1.82) is 0 Å². The Labute approximate surface area is 147 Å². The summed E-state index contributed by atoms with van der Waals surface area (Å²) in [5.74, 6) is 1.35. The molecule has 0 aliphatic carbocycles. The molecule has 1 aromatic carbocycles. The summed E-state index contributed by atoms with van der Waals surface area (Å²) in [7, 11) is 0. The first-order valence-electron chi connectivity index (χ1n) is 8.90. The Hall–Kier alpha value is -2.24. The molecular formula is C19H24FN3O2. The molecule has 1 aromatic heterocycles. The maximum absolute atomic E-state index is 13.4. The van der Waals surface area contributed by atoms with Crippen molar-refractivity contribution in [2.75, 3.05) is 13.1 Å². The van der Waals surface area contributed by atoms with Crippen LogP contribution in [0.4, 0.5) is 4.39 Å². The fourth-order valence-corrected chi connectivity index (χ4v) is 3.12. The van der Waals surface area contributed by atoms with Crippen LogP contribution in [0.15, 0.2) is 28.8 Å². The van der Waals surface area contributed by atoms with E-state index in [2.05, 4.69) is 24.0 Å². The van der Waals surface area contributed by atoms with Crippen LogP contribution in [-0.2, 0) is 4.79 Å². The van der Waals surface area contributed by atoms with E-state index in [0.717, 1.165) is 25.8 Å². The van der Waals surface area contributed by atoms with Gasteiger partial charge in [-0.2, -0.15) is 4.98 Å². The highest BCUT2D eigenvalue weighted by atomic mass is 19.1. The maximum Gasteiger partial charge on any atom is 0.231 e. The molecule has 5 nitrogen and oxygen atoms in total. The largest absolute Gasteiger partial charge is 0.342 e. The highest BCUT2D eigenvalue weighted by molar-refractivity contribution is 5.76. The number of hydrogen-bond acceptors (Lipinski definition) is 4. The third-order valence-corrected chi connectivity index (χ3v) is 4.58. The van der Waals surface area contributed by atoms with Gasteiger partial charge in [0.2, 0.25) is 17.6 Å². The minimum Gasteiger partial charge on any atom is -0.342 e. The van der Waals surface area contributed by atoms with Crippen LogP contribution in [0.25, 0.3) is 11.4 Å². The Morgan fingerprint density at radius 3 is 3.04 bits per heavy atom. The molecule has 3 rings (SSSR count). The van der Waals surface area contributed by atoms with Crippen LogP contribution in [-0.4, -0.2) is 34.0 Å². The zero-order chi connectivity index (χ0) is 17.8. The van der Waals surface area contributed by atoms with Gasteiger partial charge in [0.25, 0.3) is 0 Å². The lowest BCUT2D eigenvalue weighted by molar-refractivity contribution is -0.132. The summed E-state index contributed by atoms with van der Waals surface area (Å²) < 4.78 is 18.8. The lowest BCUT2D eigenvalue weighted by Gasteiger charge is -2.31. The number of halogens is 1. The number of likely N-dealkylation sites (tertiary alicyclic amines) is 1. The Morgan fingerprint density at radius 1 is 1.44 bits per heavy atom. The van der Waals surface area contributed by atoms with Crippen LogP contribution in [0.5, 0.6) is 0 Å². The van der Waals surface area contributed by atoms with Crippen molar-refractivity contribution in [3.63, 3.8) is 0 Å². The van der Waals surface area contributed by atoms with Gasteiger partial charge in [-0.1, -0.05) is 31.1 Å². The number of carbonyl (C=O) groups excluding carboxylic acids is 1. The Balaban J connectivity index is 1.67. The van der Waals surface area contributed by atoms with Gasteiger partial charge >= 0.3 is 0 Å². The van der Waals surface area contributed by atoms with E-state index >= 15 is 0 Å². The third kappa shape index (κ3) is 4.44. The Morgan fingerprint density at radius 2 is 2.28 bits per heavy atom. The topological polar surface area (TPSA) is 59.2 Å². The molecule has 2 heterocycles. The zero-order valence-corrected chi connectivity index (χ0v) is 14.7. The molecule has 0 unspecified atom stereocenters. The van der Waals surface area contributed by atoms with E-state index < -0.39 is 0 Å². The lowest BCUT2D eigenvalue weighted by atomic mass is 9.97. The quantitative estimate of drug-likeness (QED) is 0.821. The predicted molar refractivity (Wildman–Crippen MR) is 92.3 cm³/mol. The molecule has 0 N–H and O–H groups in total. The van der Waals surface area contributed by atoms with E-state index in [0.29, 0.717) is 36.2 Å². The monoisotopic (exact) mass is 345 g/mol. The molecule has 25 heavy (non-hydrogen) atoms. The number of hydrogen-bond donors (Lipinski definition) is 0. The fraction of sp³-hybridized carbons (Fsp3) is 0.526. The first-order chi connectivity index (χ1) is 12.0. The summed E-state index contributed by atoms with van der Waals surface area (Å²) in [5.41, 5.74) is 0.593. The molecule has 2 aromatic rings. The molecule has 134 valence electrons. The molecule has 0 bridgehead atoms. The molecule has 0 spiro atoms. The average Bonchev–Trinajstić information content (AvgIpc) is 3.10. The van der Waals surface area contributed by atoms with Gasteiger partial charge in [0, 0.05) is 25.1 Å². The van der Waals surface area contributed by atoms with E-state index in [9.17, 15) is 9.18 Å². The number of nitrogens with zero attached hydrogens (tertiary/aromatic N) is 3. The summed E-state index contributed by atoms with van der Waals surface area (Å²) in [5, 5.41) is 3.98. The molecule has 1 aliphatic rings. The molecule has 0 saturated carbocycles. The minimum atomic E-state index is -0.330.